The normalized spacial score (nSPS) is 28.9. The van der Waals surface area contributed by atoms with Crippen LogP contribution in [0.4, 0.5) is 0 Å². The van der Waals surface area contributed by atoms with Gasteiger partial charge in [-0.25, -0.2) is 0 Å². The van der Waals surface area contributed by atoms with Gasteiger partial charge in [-0.2, -0.15) is 12.6 Å². The molecule has 1 aromatic heterocycles. The van der Waals surface area contributed by atoms with Crippen LogP contribution in [0.15, 0.2) is 34.0 Å². The van der Waals surface area contributed by atoms with E-state index in [4.69, 9.17) is 0 Å². The minimum atomic E-state index is -0.915. The molecule has 2 saturated heterocycles. The fourth-order valence-corrected chi connectivity index (χ4v) is 7.74. The van der Waals surface area contributed by atoms with Crippen molar-refractivity contribution in [2.75, 3.05) is 0 Å². The second-order valence-corrected chi connectivity index (χ2v) is 14.0. The fourth-order valence-electron chi connectivity index (χ4n) is 6.97. The van der Waals surface area contributed by atoms with Crippen molar-refractivity contribution in [2.24, 2.45) is 23.7 Å². The third-order valence-corrected chi connectivity index (χ3v) is 10.2. The molecule has 3 aliphatic rings. The summed E-state index contributed by atoms with van der Waals surface area (Å²) in [7, 11) is 0. The van der Waals surface area contributed by atoms with Crippen LogP contribution in [0.5, 0.6) is 0 Å². The summed E-state index contributed by atoms with van der Waals surface area (Å²) in [6, 6.07) is -0.269. The molecule has 2 fully saturated rings. The third-order valence-electron chi connectivity index (χ3n) is 9.59. The van der Waals surface area contributed by atoms with Crippen LogP contribution in [0.25, 0.3) is 12.2 Å². The molecule has 12 heteroatoms. The highest BCUT2D eigenvalue weighted by atomic mass is 32.1. The Morgan fingerprint density at radius 3 is 2.22 bits per heavy atom. The summed E-state index contributed by atoms with van der Waals surface area (Å²) in [6.45, 7) is 13.6. The molecule has 2 amide bonds. The smallest absolute Gasteiger partial charge is 0.303 e. The van der Waals surface area contributed by atoms with E-state index in [0.717, 1.165) is 39.4 Å². The zero-order valence-corrected chi connectivity index (χ0v) is 28.1. The van der Waals surface area contributed by atoms with Gasteiger partial charge in [0.25, 0.3) is 0 Å². The van der Waals surface area contributed by atoms with Crippen molar-refractivity contribution >= 4 is 61.2 Å². The van der Waals surface area contributed by atoms with E-state index in [-0.39, 0.29) is 72.1 Å². The Morgan fingerprint density at radius 2 is 1.64 bits per heavy atom. The highest BCUT2D eigenvalue weighted by molar-refractivity contribution is 7.84. The van der Waals surface area contributed by atoms with E-state index in [1.54, 1.807) is 0 Å². The molecule has 1 aromatic rings. The van der Waals surface area contributed by atoms with Gasteiger partial charge < -0.3 is 31.1 Å². The average molecular weight is 657 g/mol. The Labute approximate surface area is 275 Å². The van der Waals surface area contributed by atoms with Gasteiger partial charge in [0.15, 0.2) is 0 Å². The van der Waals surface area contributed by atoms with Crippen molar-refractivity contribution in [3.05, 3.63) is 56.5 Å². The minimum Gasteiger partial charge on any atom is -0.481 e. The summed E-state index contributed by atoms with van der Waals surface area (Å²) >= 11 is 8.97. The quantitative estimate of drug-likeness (QED) is 0.154. The second kappa shape index (κ2) is 13.9. The lowest BCUT2D eigenvalue weighted by molar-refractivity contribution is -0.138. The molecule has 0 aromatic carbocycles. The summed E-state index contributed by atoms with van der Waals surface area (Å²) in [4.78, 5) is 52.3. The van der Waals surface area contributed by atoms with E-state index in [1.165, 1.54) is 0 Å². The molecule has 10 nitrogen and oxygen atoms in total. The summed E-state index contributed by atoms with van der Waals surface area (Å²) in [6.07, 6.45) is 4.91. The van der Waals surface area contributed by atoms with E-state index in [1.807, 2.05) is 46.8 Å². The first-order valence-electron chi connectivity index (χ1n) is 15.3. The van der Waals surface area contributed by atoms with Gasteiger partial charge in [-0.3, -0.25) is 19.2 Å². The number of hydrogen-bond donors (Lipinski definition) is 8. The zero-order valence-electron chi connectivity index (χ0n) is 26.4. The Bertz CT molecular complexity index is 1510. The highest BCUT2D eigenvalue weighted by Crippen LogP contribution is 2.38. The van der Waals surface area contributed by atoms with E-state index < -0.39 is 11.9 Å². The van der Waals surface area contributed by atoms with Crippen molar-refractivity contribution in [1.29, 1.82) is 0 Å². The largest absolute Gasteiger partial charge is 0.481 e. The first kappa shape index (κ1) is 34.5. The molecule has 7 atom stereocenters. The maximum atomic E-state index is 12.6. The number of allylic oxidation sites excluding steroid dienone is 2. The Kier molecular flexibility index (Phi) is 10.7. The molecule has 6 N–H and O–H groups in total. The van der Waals surface area contributed by atoms with E-state index >= 15 is 0 Å². The molecule has 45 heavy (non-hydrogen) atoms. The van der Waals surface area contributed by atoms with Crippen LogP contribution in [0.2, 0.25) is 0 Å². The zero-order chi connectivity index (χ0) is 33.3. The predicted octanol–water partition coefficient (Wildman–Crippen LogP) is 4.46. The number of rotatable bonds is 12. The number of carboxylic acids is 2. The molecule has 0 spiro atoms. The summed E-state index contributed by atoms with van der Waals surface area (Å²) in [5, 5.41) is 28.6. The van der Waals surface area contributed by atoms with Gasteiger partial charge in [0.05, 0.1) is 5.92 Å². The second-order valence-electron chi connectivity index (χ2n) is 12.6. The molecular weight excluding hydrogens is 613 g/mol. The lowest BCUT2D eigenvalue weighted by Gasteiger charge is -2.23. The summed E-state index contributed by atoms with van der Waals surface area (Å²) in [5.41, 5.74) is 6.58. The van der Waals surface area contributed by atoms with Crippen molar-refractivity contribution in [3.63, 3.8) is 0 Å². The lowest BCUT2D eigenvalue weighted by atomic mass is 9.87. The van der Waals surface area contributed by atoms with Crippen LogP contribution in [0.1, 0.15) is 75.9 Å². The number of thiol groups is 2. The summed E-state index contributed by atoms with van der Waals surface area (Å²) < 4.78 is 0. The summed E-state index contributed by atoms with van der Waals surface area (Å²) in [5.74, 6) is -2.70. The van der Waals surface area contributed by atoms with Crippen molar-refractivity contribution in [1.82, 2.24) is 20.9 Å². The monoisotopic (exact) mass is 656 g/mol. The van der Waals surface area contributed by atoms with Crippen molar-refractivity contribution < 1.29 is 29.4 Å². The maximum absolute atomic E-state index is 12.6. The van der Waals surface area contributed by atoms with E-state index in [0.29, 0.717) is 23.4 Å². The van der Waals surface area contributed by atoms with Crippen molar-refractivity contribution in [2.45, 2.75) is 84.1 Å². The van der Waals surface area contributed by atoms with Gasteiger partial charge in [-0.15, -0.1) is 12.6 Å². The molecule has 0 bridgehead atoms. The Morgan fingerprint density at radius 1 is 1.00 bits per heavy atom. The third kappa shape index (κ3) is 7.38. The van der Waals surface area contributed by atoms with Crippen LogP contribution in [0, 0.1) is 30.6 Å². The lowest BCUT2D eigenvalue weighted by Crippen LogP contribution is -2.36. The molecule has 244 valence electrons. The SMILES string of the molecule is C=C(S)[C@H]1C(=O)N[C@H](CC2N/C(=C\c3[nH]c(/C=C4\NC(=O)[C@H](C)[C@H]4[C@H](C)S)c(C)c3CCC(=O)O)C(CCC(=O)O)=C2C)[C@@H]1C. The fraction of sp³-hybridized carbons (Fsp3) is 0.515. The van der Waals surface area contributed by atoms with Crippen LogP contribution >= 0.6 is 25.3 Å². The van der Waals surface area contributed by atoms with Crippen LogP contribution < -0.4 is 16.0 Å². The molecule has 0 saturated carbocycles. The van der Waals surface area contributed by atoms with Gasteiger partial charge >= 0.3 is 11.9 Å². The van der Waals surface area contributed by atoms with Crippen LogP contribution in [0.3, 0.4) is 0 Å². The van der Waals surface area contributed by atoms with Crippen molar-refractivity contribution in [3.8, 4) is 0 Å². The number of carbonyl (C=O) groups excluding carboxylic acids is 2. The number of carboxylic acid groups (broad SMARTS) is 2. The molecule has 4 heterocycles. The molecule has 1 unspecified atom stereocenters. The number of aliphatic carboxylic acids is 2. The molecule has 4 rings (SSSR count). The van der Waals surface area contributed by atoms with Crippen LogP contribution in [-0.2, 0) is 25.6 Å². The van der Waals surface area contributed by atoms with Gasteiger partial charge in [0.1, 0.15) is 0 Å². The van der Waals surface area contributed by atoms with Gasteiger partial charge in [-0.1, -0.05) is 27.4 Å². The first-order chi connectivity index (χ1) is 21.1. The number of aromatic amines is 1. The molecule has 0 radical (unpaired) electrons. The topological polar surface area (TPSA) is 161 Å². The van der Waals surface area contributed by atoms with Crippen LogP contribution in [-0.4, -0.2) is 56.3 Å². The number of nitrogens with one attached hydrogen (secondary N) is 4. The van der Waals surface area contributed by atoms with E-state index in [9.17, 15) is 29.4 Å². The standard InChI is InChI=1S/C33H44N4O6S2/c1-14-20(7-9-28(38)39)25(34-22(14)11-24-16(3)31(19(6)45)33(43)36-24)13-26-21(8-10-29(40)41)15(2)23(35-26)12-27-30(18(5)44)17(4)32(42)37-27/h12-13,16-18,22,24,30-31,34-35,44-45H,6-11H2,1-5H3,(H,36,43)(H,37,42)(H,38,39)(H,40,41)/b25-13-,27-12-/t16-,17+,18-,22?,24+,30-,31-/m0/s1. The predicted molar refractivity (Wildman–Crippen MR) is 181 cm³/mol. The van der Waals surface area contributed by atoms with Gasteiger partial charge in [-0.05, 0) is 78.4 Å². The molecular formula is C33H44N4O6S2. The Balaban J connectivity index is 1.73. The highest BCUT2D eigenvalue weighted by Gasteiger charge is 2.42. The molecule has 3 aliphatic heterocycles. The minimum absolute atomic E-state index is 0.0144. The number of carbonyl (C=O) groups is 4. The van der Waals surface area contributed by atoms with Gasteiger partial charge in [0, 0.05) is 64.8 Å². The number of aromatic nitrogens is 1. The Hall–Kier alpha value is -3.38. The maximum Gasteiger partial charge on any atom is 0.303 e. The average Bonchev–Trinajstić information content (AvgIpc) is 3.59. The number of H-pyrrole nitrogens is 1. The van der Waals surface area contributed by atoms with E-state index in [2.05, 4.69) is 52.8 Å². The number of hydrogen-bond acceptors (Lipinski definition) is 7. The first-order valence-corrected chi connectivity index (χ1v) is 16.3. The molecule has 0 aliphatic carbocycles. The number of amides is 2. The van der Waals surface area contributed by atoms with Gasteiger partial charge in [0.2, 0.25) is 11.8 Å².